The minimum atomic E-state index is -4.90. The molecule has 0 radical (unpaired) electrons. The highest BCUT2D eigenvalue weighted by atomic mass is 32.2. The molecule has 110 valence electrons. The third-order valence-corrected chi connectivity index (χ3v) is 3.99. The minimum absolute atomic E-state index is 0.0538. The molecule has 1 aromatic carbocycles. The van der Waals surface area contributed by atoms with Crippen LogP contribution in [0.2, 0.25) is 0 Å². The summed E-state index contributed by atoms with van der Waals surface area (Å²) in [7, 11) is 0. The Bertz CT molecular complexity index is 506. The third kappa shape index (κ3) is 3.08. The molecule has 1 fully saturated rings. The maximum absolute atomic E-state index is 12.7. The van der Waals surface area contributed by atoms with E-state index in [4.69, 9.17) is 0 Å². The molecule has 0 N–H and O–H groups in total. The average Bonchev–Trinajstić information content (AvgIpc) is 2.72. The van der Waals surface area contributed by atoms with Crippen molar-refractivity contribution in [3.05, 3.63) is 39.8 Å². The third-order valence-electron chi connectivity index (χ3n) is 2.74. The van der Waals surface area contributed by atoms with Crippen molar-refractivity contribution in [2.24, 2.45) is 0 Å². The molecule has 1 heterocycles. The zero-order valence-electron chi connectivity index (χ0n) is 9.76. The van der Waals surface area contributed by atoms with Gasteiger partial charge in [0.15, 0.2) is 0 Å². The summed E-state index contributed by atoms with van der Waals surface area (Å²) in [5.74, 6) is 0.367. The van der Waals surface area contributed by atoms with E-state index >= 15 is 0 Å². The van der Waals surface area contributed by atoms with Crippen molar-refractivity contribution in [2.45, 2.75) is 17.7 Å². The second-order valence-electron chi connectivity index (χ2n) is 4.20. The lowest BCUT2D eigenvalue weighted by Crippen LogP contribution is -2.14. The zero-order chi connectivity index (χ0) is 15.1. The number of halogens is 6. The van der Waals surface area contributed by atoms with Gasteiger partial charge in [0, 0.05) is 15.2 Å². The summed E-state index contributed by atoms with van der Waals surface area (Å²) in [5, 5.41) is -1.03. The first-order valence-electron chi connectivity index (χ1n) is 5.44. The molecule has 2 nitrogen and oxygen atoms in total. The van der Waals surface area contributed by atoms with Crippen molar-refractivity contribution in [1.82, 2.24) is 0 Å². The van der Waals surface area contributed by atoms with Crippen LogP contribution in [0.4, 0.5) is 26.3 Å². The van der Waals surface area contributed by atoms with Gasteiger partial charge in [0.1, 0.15) is 0 Å². The average molecular weight is 316 g/mol. The Morgan fingerprint density at radius 2 is 1.50 bits per heavy atom. The van der Waals surface area contributed by atoms with E-state index in [1.165, 1.54) is 0 Å². The number of nitrogens with zero attached hydrogens (tertiary/aromatic N) is 1. The molecule has 0 saturated carbocycles. The van der Waals surface area contributed by atoms with Crippen molar-refractivity contribution >= 4 is 11.8 Å². The molecule has 20 heavy (non-hydrogen) atoms. The number of nitroso groups, excluding NO2 is 1. The SMILES string of the molecule is O=[N+]1CCSC1c1cc(C(F)(F)F)cc(C(F)(F)F)c1. The Morgan fingerprint density at radius 1 is 1.00 bits per heavy atom. The second-order valence-corrected chi connectivity index (χ2v) is 5.39. The van der Waals surface area contributed by atoms with E-state index in [1.807, 2.05) is 0 Å². The normalized spacial score (nSPS) is 20.5. The minimum Gasteiger partial charge on any atom is -0.166 e. The number of rotatable bonds is 1. The van der Waals surface area contributed by atoms with Gasteiger partial charge in [0.25, 0.3) is 5.37 Å². The Labute approximate surface area is 113 Å². The Kier molecular flexibility index (Phi) is 3.74. The maximum atomic E-state index is 12.7. The number of thioether (sulfide) groups is 1. The monoisotopic (exact) mass is 316 g/mol. The van der Waals surface area contributed by atoms with Gasteiger partial charge in [0.05, 0.1) is 16.9 Å². The Morgan fingerprint density at radius 3 is 1.85 bits per heavy atom. The lowest BCUT2D eigenvalue weighted by molar-refractivity contribution is -0.556. The van der Waals surface area contributed by atoms with Crippen molar-refractivity contribution in [3.8, 4) is 0 Å². The van der Waals surface area contributed by atoms with Crippen molar-refractivity contribution in [3.63, 3.8) is 0 Å². The molecule has 1 aromatic rings. The van der Waals surface area contributed by atoms with Crippen LogP contribution in [-0.2, 0) is 12.4 Å². The number of hydrogen-bond acceptors (Lipinski definition) is 2. The van der Waals surface area contributed by atoms with E-state index in [2.05, 4.69) is 0 Å². The lowest BCUT2D eigenvalue weighted by atomic mass is 10.0. The molecule has 0 bridgehead atoms. The van der Waals surface area contributed by atoms with Crippen LogP contribution in [0, 0.1) is 4.91 Å². The molecule has 1 atom stereocenters. The Hall–Kier alpha value is -1.25. The van der Waals surface area contributed by atoms with Crippen LogP contribution < -0.4 is 0 Å². The summed E-state index contributed by atoms with van der Waals surface area (Å²) in [4.78, 5) is 11.4. The summed E-state index contributed by atoms with van der Waals surface area (Å²) >= 11 is 1.02. The molecular formula is C11H8F6NOS+. The van der Waals surface area contributed by atoms with E-state index in [9.17, 15) is 31.2 Å². The summed E-state index contributed by atoms with van der Waals surface area (Å²) in [6.07, 6.45) is -9.79. The van der Waals surface area contributed by atoms with Crippen LogP contribution >= 0.6 is 11.8 Å². The lowest BCUT2D eigenvalue weighted by Gasteiger charge is -2.14. The number of alkyl halides is 6. The van der Waals surface area contributed by atoms with Crippen LogP contribution in [-0.4, -0.2) is 17.1 Å². The van der Waals surface area contributed by atoms with Gasteiger partial charge in [-0.25, -0.2) is 0 Å². The van der Waals surface area contributed by atoms with Gasteiger partial charge in [-0.15, -0.1) is 0 Å². The van der Waals surface area contributed by atoms with E-state index in [1.54, 1.807) is 0 Å². The van der Waals surface area contributed by atoms with Gasteiger partial charge in [-0.3, -0.25) is 0 Å². The smallest absolute Gasteiger partial charge is 0.166 e. The first-order valence-corrected chi connectivity index (χ1v) is 6.48. The van der Waals surface area contributed by atoms with Gasteiger partial charge in [-0.05, 0) is 18.2 Å². The fourth-order valence-corrected chi connectivity index (χ4v) is 2.95. The molecule has 0 spiro atoms. The number of hydrogen-bond donors (Lipinski definition) is 0. The van der Waals surface area contributed by atoms with Crippen molar-refractivity contribution in [1.29, 1.82) is 0 Å². The van der Waals surface area contributed by atoms with Crippen LogP contribution in [0.25, 0.3) is 0 Å². The van der Waals surface area contributed by atoms with Gasteiger partial charge in [-0.1, -0.05) is 11.8 Å². The second kappa shape index (κ2) is 4.94. The topological polar surface area (TPSA) is 20.1 Å². The van der Waals surface area contributed by atoms with E-state index in [0.717, 1.165) is 11.8 Å². The van der Waals surface area contributed by atoms with E-state index < -0.39 is 28.9 Å². The summed E-state index contributed by atoms with van der Waals surface area (Å²) in [5.41, 5.74) is -3.07. The molecular weight excluding hydrogens is 308 g/mol. The first-order chi connectivity index (χ1) is 9.09. The molecule has 1 unspecified atom stereocenters. The standard InChI is InChI=1S/C11H8F6NOS/c12-10(13,14)7-3-6(9-18(19)1-2-20-9)4-8(5-7)11(15,16)17/h3-5,9H,1-2H2/q+1. The van der Waals surface area contributed by atoms with Gasteiger partial charge in [0.2, 0.25) is 6.54 Å². The summed E-state index contributed by atoms with van der Waals surface area (Å²) in [6.45, 7) is 0.0763. The Balaban J connectivity index is 2.54. The van der Waals surface area contributed by atoms with Gasteiger partial charge in [-0.2, -0.15) is 26.3 Å². The van der Waals surface area contributed by atoms with Gasteiger partial charge >= 0.3 is 12.4 Å². The quantitative estimate of drug-likeness (QED) is 0.570. The fourth-order valence-electron chi connectivity index (χ4n) is 1.84. The highest BCUT2D eigenvalue weighted by Gasteiger charge is 2.41. The summed E-state index contributed by atoms with van der Waals surface area (Å²) < 4.78 is 76.4. The predicted molar refractivity (Wildman–Crippen MR) is 60.1 cm³/mol. The predicted octanol–water partition coefficient (Wildman–Crippen LogP) is 4.25. The highest BCUT2D eigenvalue weighted by molar-refractivity contribution is 7.99. The van der Waals surface area contributed by atoms with E-state index in [0.29, 0.717) is 22.6 Å². The van der Waals surface area contributed by atoms with Crippen LogP contribution in [0.15, 0.2) is 18.2 Å². The largest absolute Gasteiger partial charge is 0.416 e. The molecule has 1 aliphatic heterocycles. The molecule has 0 aromatic heterocycles. The van der Waals surface area contributed by atoms with Crippen molar-refractivity contribution < 1.29 is 31.1 Å². The summed E-state index contributed by atoms with van der Waals surface area (Å²) in [6, 6.07) is 1.25. The van der Waals surface area contributed by atoms with Crippen LogP contribution in [0.3, 0.4) is 0 Å². The fraction of sp³-hybridized carbons (Fsp3) is 0.455. The molecule has 1 aliphatic rings. The zero-order valence-corrected chi connectivity index (χ0v) is 10.6. The van der Waals surface area contributed by atoms with E-state index in [-0.39, 0.29) is 18.2 Å². The highest BCUT2D eigenvalue weighted by Crippen LogP contribution is 2.41. The van der Waals surface area contributed by atoms with Crippen LogP contribution in [0.5, 0.6) is 0 Å². The molecule has 9 heteroatoms. The molecule has 0 aliphatic carbocycles. The first kappa shape index (κ1) is 15.1. The van der Waals surface area contributed by atoms with Crippen LogP contribution in [0.1, 0.15) is 22.1 Å². The molecule has 2 rings (SSSR count). The maximum Gasteiger partial charge on any atom is 0.416 e. The molecule has 0 amide bonds. The van der Waals surface area contributed by atoms with Crippen molar-refractivity contribution in [2.75, 3.05) is 12.3 Å². The number of benzene rings is 1. The van der Waals surface area contributed by atoms with Gasteiger partial charge < -0.3 is 0 Å². The molecule has 1 saturated heterocycles.